The first-order valence-corrected chi connectivity index (χ1v) is 4.97. The summed E-state index contributed by atoms with van der Waals surface area (Å²) in [4.78, 5) is 0. The Bertz CT molecular complexity index is 351. The van der Waals surface area contributed by atoms with Gasteiger partial charge in [0.2, 0.25) is 0 Å². The maximum atomic E-state index is 9.70. The lowest BCUT2D eigenvalue weighted by Crippen LogP contribution is -2.15. The van der Waals surface area contributed by atoms with E-state index in [1.165, 1.54) is 6.07 Å². The van der Waals surface area contributed by atoms with Crippen LogP contribution < -0.4 is 0 Å². The maximum Gasteiger partial charge on any atom is 0.121 e. The van der Waals surface area contributed by atoms with Crippen LogP contribution in [0.2, 0.25) is 0 Å². The van der Waals surface area contributed by atoms with Gasteiger partial charge < -0.3 is 15.3 Å². The summed E-state index contributed by atoms with van der Waals surface area (Å²) in [6, 6.07) is 3.31. The number of aliphatic hydroxyl groups excluding tert-OH is 2. The van der Waals surface area contributed by atoms with E-state index in [4.69, 9.17) is 5.11 Å². The fraction of sp³-hybridized carbons (Fsp3) is 0.500. The molecule has 0 unspecified atom stereocenters. The standard InChI is InChI=1S/C12H18O3/c1-12(2,3)10-4-8(6-13)5-11(15)9(10)7-14/h4-5,13-15H,6-7H2,1-3H3. The van der Waals surface area contributed by atoms with Gasteiger partial charge in [-0.2, -0.15) is 0 Å². The van der Waals surface area contributed by atoms with Gasteiger partial charge in [-0.25, -0.2) is 0 Å². The van der Waals surface area contributed by atoms with Crippen molar-refractivity contribution in [1.29, 1.82) is 0 Å². The Morgan fingerprint density at radius 1 is 1.07 bits per heavy atom. The molecule has 3 N–H and O–H groups in total. The fourth-order valence-electron chi connectivity index (χ4n) is 1.64. The third-order valence-electron chi connectivity index (χ3n) is 2.43. The van der Waals surface area contributed by atoms with Gasteiger partial charge in [0.05, 0.1) is 13.2 Å². The maximum absolute atomic E-state index is 9.70. The van der Waals surface area contributed by atoms with E-state index in [1.807, 2.05) is 26.8 Å². The van der Waals surface area contributed by atoms with E-state index in [2.05, 4.69) is 0 Å². The van der Waals surface area contributed by atoms with Crippen molar-refractivity contribution in [3.63, 3.8) is 0 Å². The summed E-state index contributed by atoms with van der Waals surface area (Å²) in [6.45, 7) is 5.71. The third-order valence-corrected chi connectivity index (χ3v) is 2.43. The number of benzene rings is 1. The molecular formula is C12H18O3. The molecule has 3 heteroatoms. The minimum Gasteiger partial charge on any atom is -0.508 e. The molecule has 3 nitrogen and oxygen atoms in total. The minimum atomic E-state index is -0.190. The summed E-state index contributed by atoms with van der Waals surface area (Å²) in [5.41, 5.74) is 1.91. The molecule has 0 heterocycles. The van der Waals surface area contributed by atoms with Crippen molar-refractivity contribution in [2.45, 2.75) is 39.4 Å². The van der Waals surface area contributed by atoms with Crippen LogP contribution >= 0.6 is 0 Å². The highest BCUT2D eigenvalue weighted by atomic mass is 16.3. The van der Waals surface area contributed by atoms with Crippen LogP contribution in [0.1, 0.15) is 37.5 Å². The SMILES string of the molecule is CC(C)(C)c1cc(CO)cc(O)c1CO. The highest BCUT2D eigenvalue weighted by molar-refractivity contribution is 5.45. The van der Waals surface area contributed by atoms with Crippen LogP contribution in [0, 0.1) is 0 Å². The van der Waals surface area contributed by atoms with Crippen molar-refractivity contribution < 1.29 is 15.3 Å². The van der Waals surface area contributed by atoms with Crippen molar-refractivity contribution in [3.05, 3.63) is 28.8 Å². The number of rotatable bonds is 2. The molecule has 0 radical (unpaired) electrons. The molecule has 0 aliphatic rings. The van der Waals surface area contributed by atoms with Crippen LogP contribution in [0.4, 0.5) is 0 Å². The Morgan fingerprint density at radius 2 is 1.67 bits per heavy atom. The molecular weight excluding hydrogens is 192 g/mol. The Morgan fingerprint density at radius 3 is 2.07 bits per heavy atom. The predicted molar refractivity (Wildman–Crippen MR) is 58.7 cm³/mol. The second kappa shape index (κ2) is 4.21. The van der Waals surface area contributed by atoms with E-state index in [9.17, 15) is 10.2 Å². The summed E-state index contributed by atoms with van der Waals surface area (Å²) in [6.07, 6.45) is 0. The molecule has 0 atom stereocenters. The van der Waals surface area contributed by atoms with Gasteiger partial charge in [0.1, 0.15) is 5.75 Å². The second-order valence-electron chi connectivity index (χ2n) is 4.71. The van der Waals surface area contributed by atoms with Gasteiger partial charge in [-0.1, -0.05) is 26.8 Å². The minimum absolute atomic E-state index is 0.0500. The van der Waals surface area contributed by atoms with Crippen molar-refractivity contribution >= 4 is 0 Å². The number of aliphatic hydroxyl groups is 2. The summed E-state index contributed by atoms with van der Waals surface area (Å²) < 4.78 is 0. The summed E-state index contributed by atoms with van der Waals surface area (Å²) in [5, 5.41) is 27.9. The molecule has 0 saturated carbocycles. The number of hydrogen-bond donors (Lipinski definition) is 3. The molecule has 1 rings (SSSR count). The van der Waals surface area contributed by atoms with Gasteiger partial charge in [0.25, 0.3) is 0 Å². The Kier molecular flexibility index (Phi) is 3.37. The molecule has 1 aromatic rings. The van der Waals surface area contributed by atoms with E-state index in [-0.39, 0.29) is 24.4 Å². The molecule has 15 heavy (non-hydrogen) atoms. The van der Waals surface area contributed by atoms with Gasteiger partial charge >= 0.3 is 0 Å². The van der Waals surface area contributed by atoms with E-state index < -0.39 is 0 Å². The molecule has 0 aliphatic carbocycles. The summed E-state index contributed by atoms with van der Waals surface area (Å²) in [5.74, 6) is 0.0500. The molecule has 1 aromatic carbocycles. The summed E-state index contributed by atoms with van der Waals surface area (Å²) in [7, 11) is 0. The first-order chi connectivity index (χ1) is 6.90. The largest absolute Gasteiger partial charge is 0.508 e. The average Bonchev–Trinajstić information content (AvgIpc) is 2.15. The van der Waals surface area contributed by atoms with Crippen molar-refractivity contribution in [2.75, 3.05) is 0 Å². The quantitative estimate of drug-likeness (QED) is 0.696. The molecule has 0 spiro atoms. The van der Waals surface area contributed by atoms with Gasteiger partial charge in [0, 0.05) is 5.56 Å². The Balaban J connectivity index is 3.39. The molecule has 0 aromatic heterocycles. The van der Waals surface area contributed by atoms with E-state index in [1.54, 1.807) is 0 Å². The van der Waals surface area contributed by atoms with Crippen molar-refractivity contribution in [2.24, 2.45) is 0 Å². The van der Waals surface area contributed by atoms with Crippen LogP contribution in [0.15, 0.2) is 12.1 Å². The monoisotopic (exact) mass is 210 g/mol. The van der Waals surface area contributed by atoms with Crippen LogP contribution in [0.25, 0.3) is 0 Å². The number of hydrogen-bond acceptors (Lipinski definition) is 3. The molecule has 0 amide bonds. The number of phenols is 1. The highest BCUT2D eigenvalue weighted by Gasteiger charge is 2.20. The predicted octanol–water partition coefficient (Wildman–Crippen LogP) is 1.67. The topological polar surface area (TPSA) is 60.7 Å². The van der Waals surface area contributed by atoms with Gasteiger partial charge in [-0.15, -0.1) is 0 Å². The zero-order chi connectivity index (χ0) is 11.6. The fourth-order valence-corrected chi connectivity index (χ4v) is 1.64. The Labute approximate surface area is 90.0 Å². The molecule has 0 fully saturated rings. The van der Waals surface area contributed by atoms with Gasteiger partial charge in [-0.3, -0.25) is 0 Å². The van der Waals surface area contributed by atoms with E-state index >= 15 is 0 Å². The Hall–Kier alpha value is -1.06. The highest BCUT2D eigenvalue weighted by Crippen LogP contribution is 2.32. The lowest BCUT2D eigenvalue weighted by molar-refractivity contribution is 0.268. The van der Waals surface area contributed by atoms with Gasteiger partial charge in [0.15, 0.2) is 0 Å². The van der Waals surface area contributed by atoms with E-state index in [0.29, 0.717) is 11.1 Å². The van der Waals surface area contributed by atoms with Gasteiger partial charge in [-0.05, 0) is 22.6 Å². The lowest BCUT2D eigenvalue weighted by Gasteiger charge is -2.23. The van der Waals surface area contributed by atoms with Crippen LogP contribution in [0.3, 0.4) is 0 Å². The average molecular weight is 210 g/mol. The van der Waals surface area contributed by atoms with Crippen molar-refractivity contribution in [1.82, 2.24) is 0 Å². The van der Waals surface area contributed by atoms with Crippen LogP contribution in [-0.4, -0.2) is 15.3 Å². The molecule has 0 bridgehead atoms. The normalized spacial score (nSPS) is 11.8. The van der Waals surface area contributed by atoms with Crippen molar-refractivity contribution in [3.8, 4) is 5.75 Å². The summed E-state index contributed by atoms with van der Waals surface area (Å²) >= 11 is 0. The second-order valence-corrected chi connectivity index (χ2v) is 4.71. The van der Waals surface area contributed by atoms with E-state index in [0.717, 1.165) is 5.56 Å². The molecule has 0 aliphatic heterocycles. The zero-order valence-corrected chi connectivity index (χ0v) is 9.41. The number of aromatic hydroxyl groups is 1. The third kappa shape index (κ3) is 2.49. The molecule has 0 saturated heterocycles. The smallest absolute Gasteiger partial charge is 0.121 e. The first-order valence-electron chi connectivity index (χ1n) is 4.97. The first kappa shape index (κ1) is 12.0. The lowest BCUT2D eigenvalue weighted by atomic mass is 9.82. The van der Waals surface area contributed by atoms with Crippen LogP contribution in [0.5, 0.6) is 5.75 Å². The van der Waals surface area contributed by atoms with Crippen LogP contribution in [-0.2, 0) is 18.6 Å². The zero-order valence-electron chi connectivity index (χ0n) is 9.41. The molecule has 84 valence electrons.